The van der Waals surface area contributed by atoms with Crippen LogP contribution in [0.5, 0.6) is 0 Å². The number of halogens is 7. The Kier molecular flexibility index (Phi) is 5.07. The average Bonchev–Trinajstić information content (AvgIpc) is 3.22. The quantitative estimate of drug-likeness (QED) is 0.740. The van der Waals surface area contributed by atoms with Crippen LogP contribution in [-0.4, -0.2) is 11.0 Å². The van der Waals surface area contributed by atoms with E-state index in [0.29, 0.717) is 12.1 Å². The van der Waals surface area contributed by atoms with Gasteiger partial charge in [-0.1, -0.05) is 6.07 Å². The van der Waals surface area contributed by atoms with E-state index in [1.165, 1.54) is 12.3 Å². The summed E-state index contributed by atoms with van der Waals surface area (Å²) >= 11 is 0. The predicted octanol–water partition coefficient (Wildman–Crippen LogP) is 5.02. The molecule has 1 heterocycles. The van der Waals surface area contributed by atoms with Crippen molar-refractivity contribution in [1.29, 1.82) is 0 Å². The number of rotatable bonds is 2. The Morgan fingerprint density at radius 2 is 1.44 bits per heavy atom. The molecule has 0 amide bonds. The van der Waals surface area contributed by atoms with Crippen molar-refractivity contribution in [1.82, 2.24) is 4.98 Å². The summed E-state index contributed by atoms with van der Waals surface area (Å²) in [6.07, 6.45) is -7.52. The Labute approximate surface area is 145 Å². The SMILES string of the molecule is Cl.N[C@@H]1C[C@H]1c1ccc(-c2cc(C(F)(F)F)cc(C(F)(F)F)c2)nc1. The van der Waals surface area contributed by atoms with E-state index in [2.05, 4.69) is 4.98 Å². The highest BCUT2D eigenvalue weighted by Crippen LogP contribution is 2.40. The second-order valence-electron chi connectivity index (χ2n) is 5.78. The van der Waals surface area contributed by atoms with Crippen molar-refractivity contribution >= 4 is 12.4 Å². The van der Waals surface area contributed by atoms with Gasteiger partial charge in [0.2, 0.25) is 0 Å². The van der Waals surface area contributed by atoms with E-state index < -0.39 is 23.5 Å². The first kappa shape index (κ1) is 19.5. The fourth-order valence-electron chi connectivity index (χ4n) is 2.50. The monoisotopic (exact) mass is 382 g/mol. The molecule has 9 heteroatoms. The van der Waals surface area contributed by atoms with E-state index in [1.807, 2.05) is 0 Å². The van der Waals surface area contributed by atoms with Crippen LogP contribution in [0.3, 0.4) is 0 Å². The van der Waals surface area contributed by atoms with Gasteiger partial charge in [0.15, 0.2) is 0 Å². The molecule has 1 aliphatic rings. The van der Waals surface area contributed by atoms with Crippen molar-refractivity contribution in [3.63, 3.8) is 0 Å². The Balaban J connectivity index is 0.00000225. The van der Waals surface area contributed by atoms with Crippen molar-refractivity contribution in [2.45, 2.75) is 30.7 Å². The molecule has 2 atom stereocenters. The molecule has 3 rings (SSSR count). The second kappa shape index (κ2) is 6.49. The third kappa shape index (κ3) is 4.24. The molecule has 25 heavy (non-hydrogen) atoms. The van der Waals surface area contributed by atoms with E-state index in [-0.39, 0.29) is 41.7 Å². The molecule has 1 aromatic carbocycles. The molecule has 0 aliphatic heterocycles. The van der Waals surface area contributed by atoms with Gasteiger partial charge in [0, 0.05) is 23.7 Å². The summed E-state index contributed by atoms with van der Waals surface area (Å²) in [7, 11) is 0. The van der Waals surface area contributed by atoms with Crippen LogP contribution in [0.2, 0.25) is 0 Å². The number of hydrogen-bond donors (Lipinski definition) is 1. The number of benzene rings is 1. The Morgan fingerprint density at radius 3 is 1.80 bits per heavy atom. The summed E-state index contributed by atoms with van der Waals surface area (Å²) in [6.45, 7) is 0. The number of pyridine rings is 1. The lowest BCUT2D eigenvalue weighted by Crippen LogP contribution is -2.11. The smallest absolute Gasteiger partial charge is 0.327 e. The van der Waals surface area contributed by atoms with Crippen LogP contribution >= 0.6 is 12.4 Å². The minimum atomic E-state index is -4.88. The number of nitrogens with zero attached hydrogens (tertiary/aromatic N) is 1. The number of alkyl halides is 6. The van der Waals surface area contributed by atoms with Gasteiger partial charge in [0.25, 0.3) is 0 Å². The molecule has 2 nitrogen and oxygen atoms in total. The molecule has 1 aromatic heterocycles. The first-order valence-electron chi connectivity index (χ1n) is 7.07. The van der Waals surface area contributed by atoms with Gasteiger partial charge in [-0.05, 0) is 36.2 Å². The number of aromatic nitrogens is 1. The summed E-state index contributed by atoms with van der Waals surface area (Å²) in [4.78, 5) is 4.00. The van der Waals surface area contributed by atoms with Gasteiger partial charge in [0.05, 0.1) is 16.8 Å². The lowest BCUT2D eigenvalue weighted by atomic mass is 10.0. The summed E-state index contributed by atoms with van der Waals surface area (Å²) in [5.41, 5.74) is 3.63. The molecular formula is C16H13ClF6N2. The third-order valence-corrected chi connectivity index (χ3v) is 3.94. The minimum Gasteiger partial charge on any atom is -0.327 e. The molecule has 1 fully saturated rings. The van der Waals surface area contributed by atoms with Crippen LogP contribution in [0, 0.1) is 0 Å². The first-order valence-corrected chi connectivity index (χ1v) is 7.07. The normalized spacial score (nSPS) is 20.1. The Hall–Kier alpha value is -1.80. The maximum atomic E-state index is 12.9. The van der Waals surface area contributed by atoms with E-state index in [0.717, 1.165) is 12.0 Å². The topological polar surface area (TPSA) is 38.9 Å². The van der Waals surface area contributed by atoms with Crippen LogP contribution in [0.25, 0.3) is 11.3 Å². The molecule has 2 aromatic rings. The highest BCUT2D eigenvalue weighted by Gasteiger charge is 2.37. The van der Waals surface area contributed by atoms with E-state index in [9.17, 15) is 26.3 Å². The lowest BCUT2D eigenvalue weighted by Gasteiger charge is -2.14. The van der Waals surface area contributed by atoms with Gasteiger partial charge in [-0.2, -0.15) is 26.3 Å². The van der Waals surface area contributed by atoms with Crippen molar-refractivity contribution in [3.05, 3.63) is 53.2 Å². The Bertz CT molecular complexity index is 722. The summed E-state index contributed by atoms with van der Waals surface area (Å²) in [5, 5.41) is 0. The van der Waals surface area contributed by atoms with Crippen molar-refractivity contribution in [2.24, 2.45) is 5.73 Å². The largest absolute Gasteiger partial charge is 0.416 e. The molecule has 0 radical (unpaired) electrons. The van der Waals surface area contributed by atoms with Gasteiger partial charge in [-0.15, -0.1) is 12.4 Å². The van der Waals surface area contributed by atoms with Gasteiger partial charge in [-0.3, -0.25) is 4.98 Å². The lowest BCUT2D eigenvalue weighted by molar-refractivity contribution is -0.143. The zero-order valence-corrected chi connectivity index (χ0v) is 13.3. The zero-order valence-electron chi connectivity index (χ0n) is 12.5. The van der Waals surface area contributed by atoms with Crippen molar-refractivity contribution in [3.8, 4) is 11.3 Å². The highest BCUT2D eigenvalue weighted by molar-refractivity contribution is 5.85. The van der Waals surface area contributed by atoms with Gasteiger partial charge in [-0.25, -0.2) is 0 Å². The molecule has 1 saturated carbocycles. The standard InChI is InChI=1S/C16H12F6N2.ClH/c17-15(18,19)10-3-9(4-11(5-10)16(20,21)22)14-2-1-8(7-24-14)12-6-13(12)23;/h1-5,7,12-13H,6,23H2;1H/t12-,13+;/m0./s1. The van der Waals surface area contributed by atoms with Crippen LogP contribution in [0.4, 0.5) is 26.3 Å². The molecule has 0 saturated heterocycles. The predicted molar refractivity (Wildman–Crippen MR) is 82.3 cm³/mol. The second-order valence-corrected chi connectivity index (χ2v) is 5.78. The average molecular weight is 383 g/mol. The Morgan fingerprint density at radius 1 is 0.920 bits per heavy atom. The number of hydrogen-bond acceptors (Lipinski definition) is 2. The molecule has 0 bridgehead atoms. The van der Waals surface area contributed by atoms with E-state index in [4.69, 9.17) is 5.73 Å². The zero-order chi connectivity index (χ0) is 17.7. The molecule has 2 N–H and O–H groups in total. The fourth-order valence-corrected chi connectivity index (χ4v) is 2.50. The van der Waals surface area contributed by atoms with Crippen LogP contribution in [0.15, 0.2) is 36.5 Å². The van der Waals surface area contributed by atoms with Gasteiger partial charge >= 0.3 is 12.4 Å². The van der Waals surface area contributed by atoms with E-state index in [1.54, 1.807) is 6.07 Å². The molecule has 1 aliphatic carbocycles. The van der Waals surface area contributed by atoms with Crippen LogP contribution in [0.1, 0.15) is 29.0 Å². The summed E-state index contributed by atoms with van der Waals surface area (Å²) in [6, 6.07) is 4.51. The summed E-state index contributed by atoms with van der Waals surface area (Å²) in [5.74, 6) is 0.152. The van der Waals surface area contributed by atoms with Gasteiger partial charge in [0.1, 0.15) is 0 Å². The molecule has 136 valence electrons. The van der Waals surface area contributed by atoms with Crippen LogP contribution in [-0.2, 0) is 12.4 Å². The third-order valence-electron chi connectivity index (χ3n) is 3.94. The molecule has 0 unspecified atom stereocenters. The summed E-state index contributed by atoms with van der Waals surface area (Å²) < 4.78 is 77.2. The molecule has 0 spiro atoms. The number of nitrogens with two attached hydrogens (primary N) is 1. The fraction of sp³-hybridized carbons (Fsp3) is 0.312. The van der Waals surface area contributed by atoms with Crippen LogP contribution < -0.4 is 5.73 Å². The highest BCUT2D eigenvalue weighted by atomic mass is 35.5. The minimum absolute atomic E-state index is 0. The first-order chi connectivity index (χ1) is 11.1. The van der Waals surface area contributed by atoms with Gasteiger partial charge < -0.3 is 5.73 Å². The van der Waals surface area contributed by atoms with E-state index >= 15 is 0 Å². The maximum Gasteiger partial charge on any atom is 0.416 e. The van der Waals surface area contributed by atoms with Crippen molar-refractivity contribution in [2.75, 3.05) is 0 Å². The maximum absolute atomic E-state index is 12.9. The molecular weight excluding hydrogens is 370 g/mol. The van der Waals surface area contributed by atoms with Crippen molar-refractivity contribution < 1.29 is 26.3 Å².